The summed E-state index contributed by atoms with van der Waals surface area (Å²) < 4.78 is 6.57. The van der Waals surface area contributed by atoms with Gasteiger partial charge in [0, 0.05) is 16.8 Å². The quantitative estimate of drug-likeness (QED) is 0.355. The van der Waals surface area contributed by atoms with Crippen LogP contribution >= 0.6 is 11.3 Å². The van der Waals surface area contributed by atoms with E-state index in [-0.39, 0.29) is 11.7 Å². The van der Waals surface area contributed by atoms with Gasteiger partial charge in [-0.05, 0) is 43.7 Å². The maximum Gasteiger partial charge on any atom is 0.291 e. The number of rotatable bonds is 5. The highest BCUT2D eigenvalue weighted by atomic mass is 32.1. The number of hydrogen-bond acceptors (Lipinski definition) is 6. The van der Waals surface area contributed by atoms with Gasteiger partial charge in [0.25, 0.3) is 5.91 Å². The van der Waals surface area contributed by atoms with Crippen LogP contribution in [0.2, 0.25) is 0 Å². The van der Waals surface area contributed by atoms with Crippen LogP contribution in [0.3, 0.4) is 0 Å². The number of hydrazone groups is 1. The van der Waals surface area contributed by atoms with Crippen molar-refractivity contribution < 1.29 is 9.21 Å². The molecule has 2 N–H and O–H groups in total. The predicted octanol–water partition coefficient (Wildman–Crippen LogP) is 5.49. The summed E-state index contributed by atoms with van der Waals surface area (Å²) in [5, 5.41) is 8.77. The molecule has 136 valence electrons. The fourth-order valence-electron chi connectivity index (χ4n) is 2.56. The lowest BCUT2D eigenvalue weighted by atomic mass is 10.2. The van der Waals surface area contributed by atoms with Crippen molar-refractivity contribution in [3.63, 3.8) is 0 Å². The van der Waals surface area contributed by atoms with E-state index in [9.17, 15) is 4.79 Å². The third kappa shape index (κ3) is 3.68. The third-order valence-electron chi connectivity index (χ3n) is 4.15. The molecule has 0 aliphatic heterocycles. The molecule has 0 radical (unpaired) electrons. The van der Waals surface area contributed by atoms with Crippen LogP contribution in [0, 0.1) is 0 Å². The van der Waals surface area contributed by atoms with Crippen molar-refractivity contribution in [3.8, 4) is 0 Å². The Labute approximate surface area is 159 Å². The molecule has 1 amide bonds. The number of anilines is 2. The van der Waals surface area contributed by atoms with E-state index in [1.165, 1.54) is 11.3 Å². The number of fused-ring (bicyclic) bond motifs is 2. The third-order valence-corrected chi connectivity index (χ3v) is 5.07. The molecule has 7 heteroatoms. The van der Waals surface area contributed by atoms with Crippen LogP contribution < -0.4 is 10.7 Å². The van der Waals surface area contributed by atoms with Gasteiger partial charge in [-0.1, -0.05) is 36.5 Å². The van der Waals surface area contributed by atoms with E-state index in [0.717, 1.165) is 32.9 Å². The van der Waals surface area contributed by atoms with E-state index in [1.54, 1.807) is 6.07 Å². The SMILES string of the molecule is CC/C(C)=N\Nc1nc2ccc(NC(=O)c3cc4ccccc4o3)cc2s1. The molecule has 0 spiro atoms. The number of thiazole rings is 1. The van der Waals surface area contributed by atoms with Gasteiger partial charge in [-0.15, -0.1) is 0 Å². The number of nitrogens with zero attached hydrogens (tertiary/aromatic N) is 2. The fraction of sp³-hybridized carbons (Fsp3) is 0.150. The minimum absolute atomic E-state index is 0.281. The van der Waals surface area contributed by atoms with E-state index >= 15 is 0 Å². The largest absolute Gasteiger partial charge is 0.451 e. The molecule has 0 aliphatic carbocycles. The van der Waals surface area contributed by atoms with Gasteiger partial charge in [-0.3, -0.25) is 10.2 Å². The summed E-state index contributed by atoms with van der Waals surface area (Å²) in [6.07, 6.45) is 0.885. The first-order valence-electron chi connectivity index (χ1n) is 8.62. The van der Waals surface area contributed by atoms with Gasteiger partial charge < -0.3 is 9.73 Å². The number of nitrogens with one attached hydrogen (secondary N) is 2. The lowest BCUT2D eigenvalue weighted by molar-refractivity contribution is 0.0998. The fourth-order valence-corrected chi connectivity index (χ4v) is 3.41. The molecule has 2 aromatic carbocycles. The van der Waals surface area contributed by atoms with Crippen molar-refractivity contribution in [2.45, 2.75) is 20.3 Å². The van der Waals surface area contributed by atoms with E-state index in [1.807, 2.05) is 49.4 Å². The van der Waals surface area contributed by atoms with Gasteiger partial charge >= 0.3 is 0 Å². The van der Waals surface area contributed by atoms with Gasteiger partial charge in [-0.2, -0.15) is 5.10 Å². The summed E-state index contributed by atoms with van der Waals surface area (Å²) in [4.78, 5) is 17.0. The molecule has 4 aromatic rings. The lowest BCUT2D eigenvalue weighted by Crippen LogP contribution is -2.10. The first kappa shape index (κ1) is 17.2. The van der Waals surface area contributed by atoms with Crippen molar-refractivity contribution in [1.82, 2.24) is 4.98 Å². The molecule has 27 heavy (non-hydrogen) atoms. The van der Waals surface area contributed by atoms with Gasteiger partial charge in [0.05, 0.1) is 10.2 Å². The van der Waals surface area contributed by atoms with Crippen LogP contribution in [0.1, 0.15) is 30.8 Å². The standard InChI is InChI=1S/C20H18N4O2S/c1-3-12(2)23-24-20-22-15-9-8-14(11-18(15)27-20)21-19(25)17-10-13-6-4-5-7-16(13)26-17/h4-11H,3H2,1-2H3,(H,21,25)(H,22,24)/b23-12-. The van der Waals surface area contributed by atoms with Crippen LogP contribution in [-0.2, 0) is 0 Å². The second kappa shape index (κ2) is 7.20. The maximum absolute atomic E-state index is 12.5. The highest BCUT2D eigenvalue weighted by Crippen LogP contribution is 2.29. The first-order chi connectivity index (χ1) is 13.1. The number of furan rings is 1. The molecule has 0 saturated carbocycles. The summed E-state index contributed by atoms with van der Waals surface area (Å²) in [6, 6.07) is 14.9. The smallest absolute Gasteiger partial charge is 0.291 e. The Morgan fingerprint density at radius 2 is 2.07 bits per heavy atom. The van der Waals surface area contributed by atoms with Crippen LogP contribution in [0.4, 0.5) is 10.8 Å². The van der Waals surface area contributed by atoms with Crippen molar-refractivity contribution in [1.29, 1.82) is 0 Å². The molecule has 0 unspecified atom stereocenters. The predicted molar refractivity (Wildman–Crippen MR) is 111 cm³/mol. The Bertz CT molecular complexity index is 1130. The van der Waals surface area contributed by atoms with Crippen molar-refractivity contribution in [3.05, 3.63) is 54.3 Å². The minimum atomic E-state index is -0.281. The maximum atomic E-state index is 12.5. The molecule has 6 nitrogen and oxygen atoms in total. The van der Waals surface area contributed by atoms with E-state index in [0.29, 0.717) is 11.3 Å². The normalized spacial score (nSPS) is 11.9. The summed E-state index contributed by atoms with van der Waals surface area (Å²) >= 11 is 1.49. The van der Waals surface area contributed by atoms with Gasteiger partial charge in [0.1, 0.15) is 5.58 Å². The van der Waals surface area contributed by atoms with E-state index in [4.69, 9.17) is 4.42 Å². The van der Waals surface area contributed by atoms with Gasteiger partial charge in [0.2, 0.25) is 5.13 Å². The molecule has 2 aromatic heterocycles. The number of amides is 1. The minimum Gasteiger partial charge on any atom is -0.451 e. The van der Waals surface area contributed by atoms with Gasteiger partial charge in [0.15, 0.2) is 5.76 Å². The van der Waals surface area contributed by atoms with Crippen LogP contribution in [0.25, 0.3) is 21.2 Å². The Kier molecular flexibility index (Phi) is 4.60. The number of aromatic nitrogens is 1. The lowest BCUT2D eigenvalue weighted by Gasteiger charge is -2.02. The summed E-state index contributed by atoms with van der Waals surface area (Å²) in [7, 11) is 0. The Balaban J connectivity index is 1.53. The van der Waals surface area contributed by atoms with E-state index in [2.05, 4.69) is 27.8 Å². The first-order valence-corrected chi connectivity index (χ1v) is 9.43. The molecular weight excluding hydrogens is 360 g/mol. The van der Waals surface area contributed by atoms with Crippen LogP contribution in [-0.4, -0.2) is 16.6 Å². The number of para-hydroxylation sites is 1. The van der Waals surface area contributed by atoms with Crippen molar-refractivity contribution in [2.24, 2.45) is 5.10 Å². The molecule has 0 saturated heterocycles. The molecule has 0 bridgehead atoms. The molecular formula is C20H18N4O2S. The molecule has 0 atom stereocenters. The zero-order valence-electron chi connectivity index (χ0n) is 14.9. The Morgan fingerprint density at radius 1 is 1.22 bits per heavy atom. The number of carbonyl (C=O) groups excluding carboxylic acids is 1. The number of benzene rings is 2. The number of carbonyl (C=O) groups is 1. The summed E-state index contributed by atoms with van der Waals surface area (Å²) in [5.41, 5.74) is 6.23. The monoisotopic (exact) mass is 378 g/mol. The second-order valence-corrected chi connectivity index (χ2v) is 7.15. The summed E-state index contributed by atoms with van der Waals surface area (Å²) in [6.45, 7) is 4.02. The Morgan fingerprint density at radius 3 is 2.89 bits per heavy atom. The average Bonchev–Trinajstić information content (AvgIpc) is 3.29. The highest BCUT2D eigenvalue weighted by Gasteiger charge is 2.13. The van der Waals surface area contributed by atoms with Gasteiger partial charge in [-0.25, -0.2) is 4.98 Å². The van der Waals surface area contributed by atoms with E-state index < -0.39 is 0 Å². The Hall–Kier alpha value is -3.19. The van der Waals surface area contributed by atoms with Crippen molar-refractivity contribution >= 4 is 55.0 Å². The number of hydrogen-bond donors (Lipinski definition) is 2. The topological polar surface area (TPSA) is 79.5 Å². The second-order valence-electron chi connectivity index (χ2n) is 6.12. The molecule has 0 fully saturated rings. The summed E-state index contributed by atoms with van der Waals surface area (Å²) in [5.74, 6) is 0.00363. The molecule has 2 heterocycles. The van der Waals surface area contributed by atoms with Crippen LogP contribution in [0.5, 0.6) is 0 Å². The van der Waals surface area contributed by atoms with Crippen LogP contribution in [0.15, 0.2) is 58.0 Å². The zero-order valence-corrected chi connectivity index (χ0v) is 15.8. The highest BCUT2D eigenvalue weighted by molar-refractivity contribution is 7.22. The van der Waals surface area contributed by atoms with Crippen molar-refractivity contribution in [2.75, 3.05) is 10.7 Å². The molecule has 0 aliphatic rings. The molecule has 4 rings (SSSR count). The zero-order chi connectivity index (χ0) is 18.8. The average molecular weight is 378 g/mol.